The molecule has 2 N–H and O–H groups in total. The van der Waals surface area contributed by atoms with Crippen molar-refractivity contribution >= 4 is 23.0 Å². The van der Waals surface area contributed by atoms with E-state index in [2.05, 4.69) is 46.6 Å². The smallest absolute Gasteiger partial charge is 0.203 e. The third-order valence-electron chi connectivity index (χ3n) is 4.51. The number of nitrogens with one attached hydrogen (secondary N) is 2. The van der Waals surface area contributed by atoms with Crippen molar-refractivity contribution in [3.63, 3.8) is 0 Å². The van der Waals surface area contributed by atoms with Crippen LogP contribution in [0, 0.1) is 20.8 Å². The predicted octanol–water partition coefficient (Wildman–Crippen LogP) is 4.91. The Morgan fingerprint density at radius 3 is 1.79 bits per heavy atom. The number of benzene rings is 2. The fourth-order valence-corrected chi connectivity index (χ4v) is 3.14. The summed E-state index contributed by atoms with van der Waals surface area (Å²) in [4.78, 5) is 9.01. The molecule has 0 aliphatic carbocycles. The van der Waals surface area contributed by atoms with Crippen LogP contribution in [0.4, 0.5) is 23.0 Å². The number of aromatic nitrogens is 2. The first-order valence-electron chi connectivity index (χ1n) is 9.21. The van der Waals surface area contributed by atoms with Gasteiger partial charge in [0.1, 0.15) is 17.5 Å². The van der Waals surface area contributed by atoms with Crippen molar-refractivity contribution in [2.24, 2.45) is 0 Å². The molecule has 0 aliphatic heterocycles. The molecule has 0 radical (unpaired) electrons. The summed E-state index contributed by atoms with van der Waals surface area (Å²) in [6.45, 7) is 5.99. The highest BCUT2D eigenvalue weighted by molar-refractivity contribution is 5.70. The zero-order chi connectivity index (χ0) is 21.0. The maximum absolute atomic E-state index is 5.42. The molecule has 7 nitrogen and oxygen atoms in total. The Morgan fingerprint density at radius 2 is 1.28 bits per heavy atom. The number of anilines is 4. The van der Waals surface area contributed by atoms with Crippen molar-refractivity contribution in [3.05, 3.63) is 53.3 Å². The van der Waals surface area contributed by atoms with Crippen LogP contribution in [0.2, 0.25) is 0 Å². The van der Waals surface area contributed by atoms with Gasteiger partial charge < -0.3 is 24.8 Å². The van der Waals surface area contributed by atoms with Gasteiger partial charge >= 0.3 is 0 Å². The number of hydrogen-bond donors (Lipinski definition) is 2. The van der Waals surface area contributed by atoms with Crippen LogP contribution in [0.1, 0.15) is 17.0 Å². The molecule has 0 fully saturated rings. The summed E-state index contributed by atoms with van der Waals surface area (Å²) in [6, 6.07) is 11.7. The third kappa shape index (κ3) is 4.51. The minimum absolute atomic E-state index is 0.539. The van der Waals surface area contributed by atoms with Crippen LogP contribution in [-0.4, -0.2) is 31.3 Å². The van der Waals surface area contributed by atoms with Gasteiger partial charge in [0.15, 0.2) is 11.5 Å². The molecule has 0 saturated heterocycles. The molecule has 152 valence electrons. The summed E-state index contributed by atoms with van der Waals surface area (Å²) in [5.74, 6) is 3.68. The predicted molar refractivity (Wildman–Crippen MR) is 115 cm³/mol. The molecule has 7 heteroatoms. The molecule has 29 heavy (non-hydrogen) atoms. The lowest BCUT2D eigenvalue weighted by Gasteiger charge is -2.16. The first-order chi connectivity index (χ1) is 13.9. The van der Waals surface area contributed by atoms with Crippen molar-refractivity contribution < 1.29 is 14.2 Å². The van der Waals surface area contributed by atoms with Crippen molar-refractivity contribution in [1.29, 1.82) is 0 Å². The zero-order valence-electron chi connectivity index (χ0n) is 17.6. The van der Waals surface area contributed by atoms with Crippen molar-refractivity contribution in [3.8, 4) is 17.2 Å². The highest BCUT2D eigenvalue weighted by atomic mass is 16.5. The first kappa shape index (κ1) is 20.3. The van der Waals surface area contributed by atoms with Crippen LogP contribution >= 0.6 is 0 Å². The van der Waals surface area contributed by atoms with Gasteiger partial charge in [0.2, 0.25) is 5.75 Å². The van der Waals surface area contributed by atoms with Gasteiger partial charge in [0, 0.05) is 29.6 Å². The number of rotatable bonds is 7. The van der Waals surface area contributed by atoms with Gasteiger partial charge in [-0.2, -0.15) is 0 Å². The van der Waals surface area contributed by atoms with Crippen LogP contribution in [0.3, 0.4) is 0 Å². The Bertz CT molecular complexity index is 976. The van der Waals surface area contributed by atoms with Gasteiger partial charge in [0.25, 0.3) is 0 Å². The van der Waals surface area contributed by atoms with E-state index in [9.17, 15) is 0 Å². The fraction of sp³-hybridized carbons (Fsp3) is 0.273. The molecule has 0 amide bonds. The van der Waals surface area contributed by atoms with Crippen LogP contribution in [0.5, 0.6) is 17.2 Å². The number of ether oxygens (including phenoxy) is 3. The van der Waals surface area contributed by atoms with Crippen molar-refractivity contribution in [1.82, 2.24) is 9.97 Å². The average Bonchev–Trinajstić information content (AvgIpc) is 2.69. The van der Waals surface area contributed by atoms with Gasteiger partial charge in [-0.25, -0.2) is 9.97 Å². The largest absolute Gasteiger partial charge is 0.493 e. The Morgan fingerprint density at radius 1 is 0.724 bits per heavy atom. The Labute approximate surface area is 171 Å². The molecular formula is C22H26N4O3. The normalized spacial score (nSPS) is 10.4. The van der Waals surface area contributed by atoms with E-state index >= 15 is 0 Å². The lowest BCUT2D eigenvalue weighted by atomic mass is 10.1. The molecule has 0 bridgehead atoms. The Hall–Kier alpha value is -3.48. The standard InChI is InChI=1S/C22H26N4O3/c1-13-8-7-9-14(2)21(13)26-20-12-19(23-15(3)24-20)25-16-10-17(27-4)22(29-6)18(11-16)28-5/h7-12H,1-6H3,(H2,23,24,25,26). The molecule has 0 saturated carbocycles. The topological polar surface area (TPSA) is 77.5 Å². The van der Waals surface area contributed by atoms with E-state index in [1.807, 2.05) is 31.2 Å². The summed E-state index contributed by atoms with van der Waals surface area (Å²) >= 11 is 0. The van der Waals surface area contributed by atoms with Gasteiger partial charge in [-0.15, -0.1) is 0 Å². The maximum Gasteiger partial charge on any atom is 0.203 e. The highest BCUT2D eigenvalue weighted by Crippen LogP contribution is 2.40. The molecule has 3 rings (SSSR count). The number of hydrogen-bond acceptors (Lipinski definition) is 7. The second kappa shape index (κ2) is 8.68. The Balaban J connectivity index is 1.93. The number of aryl methyl sites for hydroxylation is 3. The van der Waals surface area contributed by atoms with Gasteiger partial charge in [0.05, 0.1) is 21.3 Å². The van der Waals surface area contributed by atoms with E-state index < -0.39 is 0 Å². The van der Waals surface area contributed by atoms with Gasteiger partial charge in [-0.3, -0.25) is 0 Å². The second-order valence-electron chi connectivity index (χ2n) is 6.62. The van der Waals surface area contributed by atoms with E-state index in [0.717, 1.165) is 22.5 Å². The molecule has 0 spiro atoms. The quantitative estimate of drug-likeness (QED) is 0.589. The summed E-state index contributed by atoms with van der Waals surface area (Å²) in [6.07, 6.45) is 0. The van der Waals surface area contributed by atoms with Crippen LogP contribution in [0.25, 0.3) is 0 Å². The van der Waals surface area contributed by atoms with Crippen LogP contribution in [0.15, 0.2) is 36.4 Å². The average molecular weight is 394 g/mol. The molecule has 0 unspecified atom stereocenters. The summed E-state index contributed by atoms with van der Waals surface area (Å²) < 4.78 is 16.2. The summed E-state index contributed by atoms with van der Waals surface area (Å²) in [5, 5.41) is 6.70. The SMILES string of the molecule is COc1cc(Nc2cc(Nc3c(C)cccc3C)nc(C)n2)cc(OC)c1OC. The van der Waals surface area contributed by atoms with E-state index in [1.54, 1.807) is 21.3 Å². The summed E-state index contributed by atoms with van der Waals surface area (Å²) in [5.41, 5.74) is 4.11. The number of methoxy groups -OCH3 is 3. The molecule has 1 heterocycles. The highest BCUT2D eigenvalue weighted by Gasteiger charge is 2.14. The zero-order valence-corrected chi connectivity index (χ0v) is 17.6. The molecular weight excluding hydrogens is 368 g/mol. The van der Waals surface area contributed by atoms with E-state index in [0.29, 0.717) is 34.7 Å². The fourth-order valence-electron chi connectivity index (χ4n) is 3.14. The van der Waals surface area contributed by atoms with Crippen molar-refractivity contribution in [2.75, 3.05) is 32.0 Å². The second-order valence-corrected chi connectivity index (χ2v) is 6.62. The van der Waals surface area contributed by atoms with Gasteiger partial charge in [-0.1, -0.05) is 18.2 Å². The monoisotopic (exact) mass is 394 g/mol. The lowest BCUT2D eigenvalue weighted by Crippen LogP contribution is -2.04. The number of para-hydroxylation sites is 1. The molecule has 0 atom stereocenters. The van der Waals surface area contributed by atoms with E-state index in [-0.39, 0.29) is 0 Å². The molecule has 1 aromatic heterocycles. The molecule has 2 aromatic carbocycles. The number of nitrogens with zero attached hydrogens (tertiary/aromatic N) is 2. The maximum atomic E-state index is 5.42. The van der Waals surface area contributed by atoms with Crippen LogP contribution in [-0.2, 0) is 0 Å². The minimum Gasteiger partial charge on any atom is -0.493 e. The summed E-state index contributed by atoms with van der Waals surface area (Å²) in [7, 11) is 4.75. The van der Waals surface area contributed by atoms with E-state index in [4.69, 9.17) is 14.2 Å². The lowest BCUT2D eigenvalue weighted by molar-refractivity contribution is 0.324. The minimum atomic E-state index is 0.539. The first-order valence-corrected chi connectivity index (χ1v) is 9.21. The van der Waals surface area contributed by atoms with Crippen molar-refractivity contribution in [2.45, 2.75) is 20.8 Å². The Kier molecular flexibility index (Phi) is 6.07. The molecule has 0 aliphatic rings. The molecule has 3 aromatic rings. The van der Waals surface area contributed by atoms with Crippen LogP contribution < -0.4 is 24.8 Å². The van der Waals surface area contributed by atoms with E-state index in [1.165, 1.54) is 0 Å². The van der Waals surface area contributed by atoms with Gasteiger partial charge in [-0.05, 0) is 31.9 Å². The third-order valence-corrected chi connectivity index (χ3v) is 4.51.